The van der Waals surface area contributed by atoms with E-state index in [1.807, 2.05) is 6.07 Å². The summed E-state index contributed by atoms with van der Waals surface area (Å²) in [5.74, 6) is -0.317. The SMILES string of the molecule is O=CCCc1ccc(-c2ccc(C=O)cc2)c(F)c1. The number of carbonyl (C=O) groups excluding carboxylic acids is 2. The van der Waals surface area contributed by atoms with Gasteiger partial charge in [-0.05, 0) is 23.6 Å². The van der Waals surface area contributed by atoms with Gasteiger partial charge in [0.15, 0.2) is 0 Å². The van der Waals surface area contributed by atoms with E-state index in [1.165, 1.54) is 6.07 Å². The molecule has 0 aliphatic carbocycles. The second-order valence-corrected chi connectivity index (χ2v) is 4.26. The standard InChI is InChI=1S/C16H13FO2/c17-16-10-12(2-1-9-18)5-8-15(16)14-6-3-13(11-19)4-7-14/h3-11H,1-2H2. The number of hydrogen-bond donors (Lipinski definition) is 0. The molecule has 0 heterocycles. The lowest BCUT2D eigenvalue weighted by Crippen LogP contribution is -1.91. The summed E-state index contributed by atoms with van der Waals surface area (Å²) >= 11 is 0. The number of aryl methyl sites for hydroxylation is 1. The highest BCUT2D eigenvalue weighted by Crippen LogP contribution is 2.24. The molecule has 0 radical (unpaired) electrons. The Labute approximate surface area is 110 Å². The number of halogens is 1. The summed E-state index contributed by atoms with van der Waals surface area (Å²) in [6, 6.07) is 11.7. The number of hydrogen-bond acceptors (Lipinski definition) is 2. The predicted octanol–water partition coefficient (Wildman–Crippen LogP) is 3.44. The van der Waals surface area contributed by atoms with Gasteiger partial charge < -0.3 is 4.79 Å². The van der Waals surface area contributed by atoms with Crippen LogP contribution in [0.3, 0.4) is 0 Å². The van der Waals surface area contributed by atoms with Gasteiger partial charge >= 0.3 is 0 Å². The van der Waals surface area contributed by atoms with Crippen molar-refractivity contribution in [2.75, 3.05) is 0 Å². The van der Waals surface area contributed by atoms with Gasteiger partial charge in [0.2, 0.25) is 0 Å². The minimum Gasteiger partial charge on any atom is -0.303 e. The smallest absolute Gasteiger partial charge is 0.150 e. The first kappa shape index (κ1) is 13.1. The molecule has 0 aromatic heterocycles. The zero-order chi connectivity index (χ0) is 13.7. The van der Waals surface area contributed by atoms with E-state index in [2.05, 4.69) is 0 Å². The fourth-order valence-corrected chi connectivity index (χ4v) is 1.92. The summed E-state index contributed by atoms with van der Waals surface area (Å²) in [7, 11) is 0. The van der Waals surface area contributed by atoms with Crippen molar-refractivity contribution in [3.8, 4) is 11.1 Å². The minimum atomic E-state index is -0.317. The normalized spacial score (nSPS) is 10.2. The largest absolute Gasteiger partial charge is 0.303 e. The van der Waals surface area contributed by atoms with Gasteiger partial charge in [-0.2, -0.15) is 0 Å². The Balaban J connectivity index is 2.28. The minimum absolute atomic E-state index is 0.317. The molecule has 0 fully saturated rings. The number of rotatable bonds is 5. The zero-order valence-electron chi connectivity index (χ0n) is 10.3. The van der Waals surface area contributed by atoms with E-state index in [0.29, 0.717) is 24.0 Å². The first-order valence-electron chi connectivity index (χ1n) is 6.02. The maximum atomic E-state index is 14.0. The zero-order valence-corrected chi connectivity index (χ0v) is 10.3. The highest BCUT2D eigenvalue weighted by molar-refractivity contribution is 5.77. The molecule has 96 valence electrons. The van der Waals surface area contributed by atoms with Crippen molar-refractivity contribution in [3.05, 3.63) is 59.4 Å². The van der Waals surface area contributed by atoms with Crippen molar-refractivity contribution < 1.29 is 14.0 Å². The molecule has 0 atom stereocenters. The lowest BCUT2D eigenvalue weighted by Gasteiger charge is -2.06. The van der Waals surface area contributed by atoms with Crippen molar-refractivity contribution in [2.45, 2.75) is 12.8 Å². The summed E-state index contributed by atoms with van der Waals surface area (Å²) < 4.78 is 14.0. The Kier molecular flexibility index (Phi) is 4.18. The average Bonchev–Trinajstić information content (AvgIpc) is 2.45. The van der Waals surface area contributed by atoms with Crippen LogP contribution >= 0.6 is 0 Å². The van der Waals surface area contributed by atoms with Gasteiger partial charge in [-0.15, -0.1) is 0 Å². The number of aldehydes is 2. The van der Waals surface area contributed by atoms with E-state index in [0.717, 1.165) is 23.7 Å². The Bertz CT molecular complexity index is 588. The second-order valence-electron chi connectivity index (χ2n) is 4.26. The first-order valence-corrected chi connectivity index (χ1v) is 6.02. The van der Waals surface area contributed by atoms with Gasteiger partial charge in [-0.3, -0.25) is 4.79 Å². The third-order valence-electron chi connectivity index (χ3n) is 2.94. The van der Waals surface area contributed by atoms with Gasteiger partial charge in [0.25, 0.3) is 0 Å². The molecule has 3 heteroatoms. The summed E-state index contributed by atoms with van der Waals surface area (Å²) in [5, 5.41) is 0. The molecule has 2 aromatic carbocycles. The van der Waals surface area contributed by atoms with Crippen molar-refractivity contribution in [1.82, 2.24) is 0 Å². The molecule has 2 rings (SSSR count). The fraction of sp³-hybridized carbons (Fsp3) is 0.125. The van der Waals surface area contributed by atoms with Crippen LogP contribution in [0.5, 0.6) is 0 Å². The molecule has 0 saturated carbocycles. The molecular weight excluding hydrogens is 243 g/mol. The third-order valence-corrected chi connectivity index (χ3v) is 2.94. The molecule has 0 unspecified atom stereocenters. The van der Waals surface area contributed by atoms with Gasteiger partial charge in [0.1, 0.15) is 18.4 Å². The molecule has 19 heavy (non-hydrogen) atoms. The summed E-state index contributed by atoms with van der Waals surface area (Å²) in [4.78, 5) is 20.9. The van der Waals surface area contributed by atoms with Crippen molar-refractivity contribution in [1.29, 1.82) is 0 Å². The molecule has 0 aliphatic rings. The monoisotopic (exact) mass is 256 g/mol. The van der Waals surface area contributed by atoms with Crippen LogP contribution in [0.25, 0.3) is 11.1 Å². The van der Waals surface area contributed by atoms with Crippen LogP contribution in [0.15, 0.2) is 42.5 Å². The molecular formula is C16H13FO2. The van der Waals surface area contributed by atoms with E-state index >= 15 is 0 Å². The Morgan fingerprint density at radius 3 is 2.32 bits per heavy atom. The van der Waals surface area contributed by atoms with Crippen LogP contribution in [0.2, 0.25) is 0 Å². The topological polar surface area (TPSA) is 34.1 Å². The summed E-state index contributed by atoms with van der Waals surface area (Å²) in [5.41, 5.74) is 2.59. The van der Waals surface area contributed by atoms with Crippen LogP contribution < -0.4 is 0 Å². The van der Waals surface area contributed by atoms with E-state index in [9.17, 15) is 14.0 Å². The Morgan fingerprint density at radius 1 is 1.00 bits per heavy atom. The maximum Gasteiger partial charge on any atom is 0.150 e. The molecule has 0 bridgehead atoms. The predicted molar refractivity (Wildman–Crippen MR) is 71.6 cm³/mol. The molecule has 0 amide bonds. The van der Waals surface area contributed by atoms with Crippen molar-refractivity contribution in [2.24, 2.45) is 0 Å². The quantitative estimate of drug-likeness (QED) is 0.768. The highest BCUT2D eigenvalue weighted by Gasteiger charge is 2.06. The van der Waals surface area contributed by atoms with Gasteiger partial charge in [-0.25, -0.2) is 4.39 Å². The van der Waals surface area contributed by atoms with Gasteiger partial charge in [-0.1, -0.05) is 36.4 Å². The second kappa shape index (κ2) is 6.05. The van der Waals surface area contributed by atoms with Crippen LogP contribution in [-0.2, 0) is 11.2 Å². The van der Waals surface area contributed by atoms with Gasteiger partial charge in [0, 0.05) is 17.5 Å². The van der Waals surface area contributed by atoms with Crippen molar-refractivity contribution in [3.63, 3.8) is 0 Å². The van der Waals surface area contributed by atoms with Crippen LogP contribution in [0, 0.1) is 5.82 Å². The van der Waals surface area contributed by atoms with Crippen LogP contribution in [-0.4, -0.2) is 12.6 Å². The van der Waals surface area contributed by atoms with E-state index in [4.69, 9.17) is 0 Å². The fourth-order valence-electron chi connectivity index (χ4n) is 1.92. The van der Waals surface area contributed by atoms with Gasteiger partial charge in [0.05, 0.1) is 0 Å². The third kappa shape index (κ3) is 3.13. The van der Waals surface area contributed by atoms with E-state index < -0.39 is 0 Å². The maximum absolute atomic E-state index is 14.0. The number of benzene rings is 2. The van der Waals surface area contributed by atoms with Crippen LogP contribution in [0.4, 0.5) is 4.39 Å². The Morgan fingerprint density at radius 2 is 1.74 bits per heavy atom. The number of carbonyl (C=O) groups is 2. The molecule has 0 aliphatic heterocycles. The Hall–Kier alpha value is -2.29. The van der Waals surface area contributed by atoms with E-state index in [1.54, 1.807) is 30.3 Å². The molecule has 0 N–H and O–H groups in total. The molecule has 2 nitrogen and oxygen atoms in total. The first-order chi connectivity index (χ1) is 9.24. The summed E-state index contributed by atoms with van der Waals surface area (Å²) in [6.07, 6.45) is 2.52. The lowest BCUT2D eigenvalue weighted by atomic mass is 10.0. The van der Waals surface area contributed by atoms with Crippen LogP contribution in [0.1, 0.15) is 22.3 Å². The highest BCUT2D eigenvalue weighted by atomic mass is 19.1. The molecule has 2 aromatic rings. The lowest BCUT2D eigenvalue weighted by molar-refractivity contribution is -0.107. The average molecular weight is 256 g/mol. The van der Waals surface area contributed by atoms with Crippen molar-refractivity contribution >= 4 is 12.6 Å². The summed E-state index contributed by atoms with van der Waals surface area (Å²) in [6.45, 7) is 0. The molecule has 0 saturated heterocycles. The van der Waals surface area contributed by atoms with E-state index in [-0.39, 0.29) is 5.82 Å². The molecule has 0 spiro atoms.